The van der Waals surface area contributed by atoms with Crippen molar-refractivity contribution in [1.29, 1.82) is 0 Å². The molecule has 0 aromatic heterocycles. The number of anilines is 1. The second-order valence-electron chi connectivity index (χ2n) is 8.35. The minimum atomic E-state index is -3.39. The van der Waals surface area contributed by atoms with E-state index in [1.165, 1.54) is 6.42 Å². The van der Waals surface area contributed by atoms with Crippen LogP contribution in [0.3, 0.4) is 0 Å². The summed E-state index contributed by atoms with van der Waals surface area (Å²) in [5.74, 6) is 0.109. The molecule has 28 heavy (non-hydrogen) atoms. The first-order valence-corrected chi connectivity index (χ1v) is 12.4. The van der Waals surface area contributed by atoms with Crippen LogP contribution in [0.15, 0.2) is 30.3 Å². The van der Waals surface area contributed by atoms with E-state index in [4.69, 9.17) is 0 Å². The Kier molecular flexibility index (Phi) is 9.00. The number of carbonyl (C=O) groups excluding carboxylic acids is 1. The lowest BCUT2D eigenvalue weighted by molar-refractivity contribution is -0.123. The average Bonchev–Trinajstić information content (AvgIpc) is 2.65. The SMILES string of the molecule is CC(C)[C@H](Nc1ccccc1)C(=O)NC[C@H](O)CP(=O)(O)CC1CCCCC1. The van der Waals surface area contributed by atoms with Crippen LogP contribution in [0.5, 0.6) is 0 Å². The van der Waals surface area contributed by atoms with Crippen LogP contribution in [0.4, 0.5) is 5.69 Å². The molecular weight excluding hydrogens is 375 g/mol. The number of aliphatic hydroxyl groups is 1. The van der Waals surface area contributed by atoms with E-state index in [0.717, 1.165) is 31.4 Å². The van der Waals surface area contributed by atoms with Crippen LogP contribution >= 0.6 is 7.37 Å². The Morgan fingerprint density at radius 1 is 1.18 bits per heavy atom. The highest BCUT2D eigenvalue weighted by Gasteiger charge is 2.29. The Morgan fingerprint density at radius 2 is 1.82 bits per heavy atom. The van der Waals surface area contributed by atoms with Gasteiger partial charge in [-0.05, 0) is 36.8 Å². The van der Waals surface area contributed by atoms with Crippen molar-refractivity contribution in [2.24, 2.45) is 11.8 Å². The molecule has 1 saturated carbocycles. The number of benzene rings is 1. The summed E-state index contributed by atoms with van der Waals surface area (Å²) < 4.78 is 12.5. The lowest BCUT2D eigenvalue weighted by atomic mass is 9.91. The molecule has 7 heteroatoms. The van der Waals surface area contributed by atoms with E-state index >= 15 is 0 Å². The first-order valence-electron chi connectivity index (χ1n) is 10.3. The third-order valence-corrected chi connectivity index (χ3v) is 7.40. The molecule has 0 heterocycles. The summed E-state index contributed by atoms with van der Waals surface area (Å²) in [7, 11) is -3.39. The number of carbonyl (C=O) groups is 1. The van der Waals surface area contributed by atoms with Gasteiger partial charge in [0.15, 0.2) is 0 Å². The molecule has 2 rings (SSSR count). The number of nitrogens with one attached hydrogen (secondary N) is 2. The molecule has 158 valence electrons. The van der Waals surface area contributed by atoms with Gasteiger partial charge < -0.3 is 20.6 Å². The van der Waals surface area contributed by atoms with E-state index in [1.54, 1.807) is 0 Å². The number of hydrogen-bond acceptors (Lipinski definition) is 4. The summed E-state index contributed by atoms with van der Waals surface area (Å²) in [5.41, 5.74) is 0.851. The summed E-state index contributed by atoms with van der Waals surface area (Å²) in [5, 5.41) is 16.1. The van der Waals surface area contributed by atoms with Crippen molar-refractivity contribution in [2.45, 2.75) is 58.1 Å². The maximum Gasteiger partial charge on any atom is 0.242 e. The van der Waals surface area contributed by atoms with Gasteiger partial charge in [-0.3, -0.25) is 9.36 Å². The van der Waals surface area contributed by atoms with E-state index in [-0.39, 0.29) is 36.6 Å². The molecule has 1 amide bonds. The Hall–Kier alpha value is -1.36. The summed E-state index contributed by atoms with van der Waals surface area (Å²) in [6, 6.07) is 9.04. The van der Waals surface area contributed by atoms with E-state index in [0.29, 0.717) is 0 Å². The van der Waals surface area contributed by atoms with Crippen LogP contribution in [-0.2, 0) is 9.36 Å². The van der Waals surface area contributed by atoms with Crippen molar-refractivity contribution in [3.8, 4) is 0 Å². The quantitative estimate of drug-likeness (QED) is 0.443. The molecule has 1 aromatic rings. The third kappa shape index (κ3) is 7.94. The molecule has 1 fully saturated rings. The fourth-order valence-electron chi connectivity index (χ4n) is 3.82. The second kappa shape index (κ2) is 11.0. The lowest BCUT2D eigenvalue weighted by Gasteiger charge is -2.26. The molecule has 6 nitrogen and oxygen atoms in total. The smallest absolute Gasteiger partial charge is 0.242 e. The summed E-state index contributed by atoms with van der Waals surface area (Å²) in [4.78, 5) is 22.8. The van der Waals surface area contributed by atoms with Gasteiger partial charge in [0, 0.05) is 18.4 Å². The zero-order chi connectivity index (χ0) is 20.6. The molecule has 4 N–H and O–H groups in total. The minimum Gasteiger partial charge on any atom is -0.391 e. The van der Waals surface area contributed by atoms with Crippen LogP contribution in [0, 0.1) is 11.8 Å². The Labute approximate surface area is 168 Å². The van der Waals surface area contributed by atoms with Gasteiger partial charge >= 0.3 is 0 Å². The molecule has 0 bridgehead atoms. The maximum absolute atomic E-state index is 12.6. The molecule has 0 saturated heterocycles. The molecule has 3 atom stereocenters. The number of amides is 1. The Balaban J connectivity index is 1.81. The third-order valence-electron chi connectivity index (χ3n) is 5.32. The van der Waals surface area contributed by atoms with Gasteiger partial charge in [0.1, 0.15) is 6.04 Å². The molecule has 0 spiro atoms. The first-order chi connectivity index (χ1) is 13.3. The van der Waals surface area contributed by atoms with E-state index in [1.807, 2.05) is 44.2 Å². The molecule has 0 aliphatic heterocycles. The van der Waals surface area contributed by atoms with Gasteiger partial charge in [-0.25, -0.2) is 0 Å². The van der Waals surface area contributed by atoms with Crippen molar-refractivity contribution in [2.75, 3.05) is 24.2 Å². The maximum atomic E-state index is 12.6. The Bertz CT molecular complexity index is 647. The minimum absolute atomic E-state index is 0.0201. The first kappa shape index (κ1) is 22.9. The standard InChI is InChI=1S/C21H35N2O4P/c1-16(2)20(23-18-11-7-4-8-12-18)21(25)22-13-19(24)15-28(26,27)14-17-9-5-3-6-10-17/h4,7-8,11-12,16-17,19-20,23-24H,3,5-6,9-10,13-15H2,1-2H3,(H,22,25)(H,26,27)/t19-,20-/m0/s1. The van der Waals surface area contributed by atoms with Crippen LogP contribution in [0.2, 0.25) is 0 Å². The largest absolute Gasteiger partial charge is 0.391 e. The van der Waals surface area contributed by atoms with Crippen LogP contribution in [-0.4, -0.2) is 46.9 Å². The zero-order valence-corrected chi connectivity index (χ0v) is 17.9. The molecule has 0 radical (unpaired) electrons. The molecule has 1 aliphatic rings. The molecule has 1 unspecified atom stereocenters. The zero-order valence-electron chi connectivity index (χ0n) is 17.0. The van der Waals surface area contributed by atoms with E-state index in [9.17, 15) is 19.4 Å². The number of rotatable bonds is 10. The van der Waals surface area contributed by atoms with E-state index < -0.39 is 19.5 Å². The van der Waals surface area contributed by atoms with Crippen molar-refractivity contribution < 1.29 is 19.4 Å². The fraction of sp³-hybridized carbons (Fsp3) is 0.667. The van der Waals surface area contributed by atoms with Gasteiger partial charge in [-0.2, -0.15) is 0 Å². The van der Waals surface area contributed by atoms with Gasteiger partial charge in [0.2, 0.25) is 13.3 Å². The van der Waals surface area contributed by atoms with Gasteiger partial charge in [0.25, 0.3) is 0 Å². The van der Waals surface area contributed by atoms with Crippen molar-refractivity contribution >= 4 is 19.0 Å². The van der Waals surface area contributed by atoms with Crippen LogP contribution in [0.1, 0.15) is 46.0 Å². The number of para-hydroxylation sites is 1. The van der Waals surface area contributed by atoms with Crippen molar-refractivity contribution in [1.82, 2.24) is 5.32 Å². The number of aliphatic hydroxyl groups excluding tert-OH is 1. The van der Waals surface area contributed by atoms with E-state index in [2.05, 4.69) is 10.6 Å². The highest BCUT2D eigenvalue weighted by Crippen LogP contribution is 2.45. The predicted octanol–water partition coefficient (Wildman–Crippen LogP) is 3.45. The number of hydrogen-bond donors (Lipinski definition) is 4. The molecule has 1 aliphatic carbocycles. The monoisotopic (exact) mass is 410 g/mol. The van der Waals surface area contributed by atoms with Crippen molar-refractivity contribution in [3.63, 3.8) is 0 Å². The second-order valence-corrected chi connectivity index (χ2v) is 10.8. The summed E-state index contributed by atoms with van der Waals surface area (Å²) >= 11 is 0. The van der Waals surface area contributed by atoms with Gasteiger partial charge in [0.05, 0.1) is 12.3 Å². The average molecular weight is 410 g/mol. The summed E-state index contributed by atoms with van der Waals surface area (Å²) in [6.45, 7) is 3.87. The molecular formula is C21H35N2O4P. The summed E-state index contributed by atoms with van der Waals surface area (Å²) in [6.07, 6.45) is 4.53. The van der Waals surface area contributed by atoms with Crippen LogP contribution in [0.25, 0.3) is 0 Å². The van der Waals surface area contributed by atoms with Gasteiger partial charge in [-0.1, -0.05) is 51.3 Å². The van der Waals surface area contributed by atoms with Crippen molar-refractivity contribution in [3.05, 3.63) is 30.3 Å². The normalized spacial score (nSPS) is 19.6. The lowest BCUT2D eigenvalue weighted by Crippen LogP contribution is -2.45. The van der Waals surface area contributed by atoms with Gasteiger partial charge in [-0.15, -0.1) is 0 Å². The van der Waals surface area contributed by atoms with Crippen LogP contribution < -0.4 is 10.6 Å². The fourth-order valence-corrected chi connectivity index (χ4v) is 5.93. The topological polar surface area (TPSA) is 98.7 Å². The molecule has 1 aromatic carbocycles. The highest BCUT2D eigenvalue weighted by atomic mass is 31.2. The Morgan fingerprint density at radius 3 is 2.43 bits per heavy atom. The highest BCUT2D eigenvalue weighted by molar-refractivity contribution is 7.58. The predicted molar refractivity (Wildman–Crippen MR) is 114 cm³/mol.